The molecular weight excluding hydrogens is 471 g/mol. The Hall–Kier alpha value is -3.87. The Morgan fingerprint density at radius 1 is 0.973 bits per heavy atom. The summed E-state index contributed by atoms with van der Waals surface area (Å²) in [7, 11) is 1.59. The zero-order valence-electron chi connectivity index (χ0n) is 21.6. The minimum Gasteiger partial charge on any atom is -0.493 e. The Morgan fingerprint density at radius 2 is 1.84 bits per heavy atom. The molecular formula is C30H33FN2O4. The smallest absolute Gasteiger partial charge is 0.338 e. The van der Waals surface area contributed by atoms with Crippen LogP contribution < -0.4 is 9.47 Å². The first-order valence-electron chi connectivity index (χ1n) is 12.8. The molecule has 0 saturated heterocycles. The average Bonchev–Trinajstić information content (AvgIpc) is 3.27. The van der Waals surface area contributed by atoms with Gasteiger partial charge < -0.3 is 18.8 Å². The van der Waals surface area contributed by atoms with Crippen LogP contribution in [0.25, 0.3) is 22.4 Å². The average molecular weight is 505 g/mol. The third kappa shape index (κ3) is 6.28. The van der Waals surface area contributed by atoms with Crippen molar-refractivity contribution in [2.24, 2.45) is 0 Å². The number of hydrogen-bond acceptors (Lipinski definition) is 5. The summed E-state index contributed by atoms with van der Waals surface area (Å²) in [6.07, 6.45) is 4.50. The van der Waals surface area contributed by atoms with Crippen LogP contribution in [0.3, 0.4) is 0 Å². The van der Waals surface area contributed by atoms with Crippen LogP contribution in [-0.4, -0.2) is 29.2 Å². The first-order valence-corrected chi connectivity index (χ1v) is 12.8. The van der Waals surface area contributed by atoms with Crippen LogP contribution in [0.4, 0.5) is 4.39 Å². The molecule has 0 unspecified atom stereocenters. The lowest BCUT2D eigenvalue weighted by Gasteiger charge is -2.14. The summed E-state index contributed by atoms with van der Waals surface area (Å²) < 4.78 is 32.5. The predicted octanol–water partition coefficient (Wildman–Crippen LogP) is 7.19. The Kier molecular flexibility index (Phi) is 8.77. The largest absolute Gasteiger partial charge is 0.493 e. The number of halogens is 1. The second-order valence-corrected chi connectivity index (χ2v) is 8.86. The van der Waals surface area contributed by atoms with Crippen LogP contribution in [0, 0.1) is 5.82 Å². The first-order chi connectivity index (χ1) is 18.0. The molecule has 0 N–H and O–H groups in total. The molecule has 0 aliphatic carbocycles. The zero-order chi connectivity index (χ0) is 26.2. The van der Waals surface area contributed by atoms with Gasteiger partial charge in [0.2, 0.25) is 0 Å². The minimum absolute atomic E-state index is 0.222. The van der Waals surface area contributed by atoms with Gasteiger partial charge in [0, 0.05) is 12.1 Å². The SMILES string of the molecule is CCCCCCn1c(-c2ccc(OCc3cccc(F)c3)c(OC)c2)nc2cc(C(=O)OCC)ccc21. The topological polar surface area (TPSA) is 62.6 Å². The first kappa shape index (κ1) is 26.2. The highest BCUT2D eigenvalue weighted by atomic mass is 19.1. The molecule has 0 fully saturated rings. The molecule has 0 aliphatic heterocycles. The van der Waals surface area contributed by atoms with E-state index in [9.17, 15) is 9.18 Å². The lowest BCUT2D eigenvalue weighted by atomic mass is 10.1. The number of imidazole rings is 1. The maximum atomic E-state index is 13.5. The van der Waals surface area contributed by atoms with Crippen molar-refractivity contribution in [1.29, 1.82) is 0 Å². The number of hydrogen-bond donors (Lipinski definition) is 0. The summed E-state index contributed by atoms with van der Waals surface area (Å²) in [5.74, 6) is 1.26. The quantitative estimate of drug-likeness (QED) is 0.151. The molecule has 0 spiro atoms. The molecule has 4 rings (SSSR count). The van der Waals surface area contributed by atoms with Crippen LogP contribution in [0.5, 0.6) is 11.5 Å². The molecule has 1 aromatic heterocycles. The fraction of sp³-hybridized carbons (Fsp3) is 0.333. The van der Waals surface area contributed by atoms with Crippen molar-refractivity contribution in [3.8, 4) is 22.9 Å². The van der Waals surface area contributed by atoms with Gasteiger partial charge in [-0.2, -0.15) is 0 Å². The number of rotatable bonds is 12. The van der Waals surface area contributed by atoms with Gasteiger partial charge in [0.15, 0.2) is 11.5 Å². The zero-order valence-corrected chi connectivity index (χ0v) is 21.6. The Balaban J connectivity index is 1.67. The number of aromatic nitrogens is 2. The Morgan fingerprint density at radius 3 is 2.59 bits per heavy atom. The number of benzene rings is 3. The van der Waals surface area contributed by atoms with Crippen molar-refractivity contribution in [3.63, 3.8) is 0 Å². The maximum absolute atomic E-state index is 13.5. The fourth-order valence-corrected chi connectivity index (χ4v) is 4.33. The van der Waals surface area contributed by atoms with E-state index < -0.39 is 0 Å². The lowest BCUT2D eigenvalue weighted by Crippen LogP contribution is -2.04. The number of unbranched alkanes of at least 4 members (excludes halogenated alkanes) is 3. The van der Waals surface area contributed by atoms with Gasteiger partial charge >= 0.3 is 5.97 Å². The summed E-state index contributed by atoms with van der Waals surface area (Å²) >= 11 is 0. The molecule has 194 valence electrons. The van der Waals surface area contributed by atoms with Gasteiger partial charge in [-0.1, -0.05) is 38.3 Å². The molecule has 37 heavy (non-hydrogen) atoms. The van der Waals surface area contributed by atoms with E-state index in [4.69, 9.17) is 19.2 Å². The van der Waals surface area contributed by atoms with E-state index in [1.165, 1.54) is 18.6 Å². The van der Waals surface area contributed by atoms with E-state index in [1.54, 1.807) is 32.2 Å². The van der Waals surface area contributed by atoms with Crippen molar-refractivity contribution in [2.45, 2.75) is 52.7 Å². The van der Waals surface area contributed by atoms with Gasteiger partial charge in [-0.3, -0.25) is 0 Å². The van der Waals surface area contributed by atoms with Crippen LogP contribution in [-0.2, 0) is 17.9 Å². The van der Waals surface area contributed by atoms with Gasteiger partial charge in [0.05, 0.1) is 30.3 Å². The molecule has 0 atom stereocenters. The number of aryl methyl sites for hydroxylation is 1. The number of esters is 1. The summed E-state index contributed by atoms with van der Waals surface area (Å²) in [6, 6.07) is 17.5. The molecule has 0 aliphatic rings. The third-order valence-electron chi connectivity index (χ3n) is 6.20. The van der Waals surface area contributed by atoms with Crippen molar-refractivity contribution in [1.82, 2.24) is 9.55 Å². The molecule has 3 aromatic carbocycles. The molecule has 0 saturated carbocycles. The van der Waals surface area contributed by atoms with Gasteiger partial charge in [-0.25, -0.2) is 14.2 Å². The highest BCUT2D eigenvalue weighted by Gasteiger charge is 2.17. The molecule has 7 heteroatoms. The van der Waals surface area contributed by atoms with Gasteiger partial charge in [-0.15, -0.1) is 0 Å². The Labute approximate surface area is 217 Å². The summed E-state index contributed by atoms with van der Waals surface area (Å²) in [6.45, 7) is 5.34. The summed E-state index contributed by atoms with van der Waals surface area (Å²) in [4.78, 5) is 17.2. The van der Waals surface area contributed by atoms with Gasteiger partial charge in [0.25, 0.3) is 0 Å². The van der Waals surface area contributed by atoms with Crippen molar-refractivity contribution in [2.75, 3.05) is 13.7 Å². The molecule has 0 radical (unpaired) electrons. The van der Waals surface area contributed by atoms with E-state index >= 15 is 0 Å². The molecule has 4 aromatic rings. The molecule has 0 bridgehead atoms. The molecule has 0 amide bonds. The highest BCUT2D eigenvalue weighted by molar-refractivity contribution is 5.94. The van der Waals surface area contributed by atoms with Crippen LogP contribution in [0.1, 0.15) is 55.5 Å². The van der Waals surface area contributed by atoms with E-state index in [-0.39, 0.29) is 18.4 Å². The van der Waals surface area contributed by atoms with Crippen molar-refractivity contribution < 1.29 is 23.4 Å². The van der Waals surface area contributed by atoms with Gasteiger partial charge in [-0.05, 0) is 67.4 Å². The monoisotopic (exact) mass is 504 g/mol. The molecule has 6 nitrogen and oxygen atoms in total. The van der Waals surface area contributed by atoms with Crippen LogP contribution in [0.15, 0.2) is 60.7 Å². The van der Waals surface area contributed by atoms with E-state index in [0.29, 0.717) is 23.7 Å². The highest BCUT2D eigenvalue weighted by Crippen LogP contribution is 2.34. The normalized spacial score (nSPS) is 11.0. The number of methoxy groups -OCH3 is 1. The van der Waals surface area contributed by atoms with Gasteiger partial charge in [0.1, 0.15) is 18.2 Å². The number of carbonyl (C=O) groups excluding carboxylic acids is 1. The maximum Gasteiger partial charge on any atom is 0.338 e. The van der Waals surface area contributed by atoms with Crippen LogP contribution in [0.2, 0.25) is 0 Å². The molecule has 1 heterocycles. The number of carbonyl (C=O) groups is 1. The second-order valence-electron chi connectivity index (χ2n) is 8.86. The third-order valence-corrected chi connectivity index (χ3v) is 6.20. The number of nitrogens with zero attached hydrogens (tertiary/aromatic N) is 2. The van der Waals surface area contributed by atoms with Crippen LogP contribution >= 0.6 is 0 Å². The summed E-state index contributed by atoms with van der Waals surface area (Å²) in [5, 5.41) is 0. The van der Waals surface area contributed by atoms with E-state index in [2.05, 4.69) is 11.5 Å². The van der Waals surface area contributed by atoms with E-state index in [1.807, 2.05) is 30.3 Å². The minimum atomic E-state index is -0.357. The number of ether oxygens (including phenoxy) is 3. The van der Waals surface area contributed by atoms with E-state index in [0.717, 1.165) is 53.8 Å². The Bertz CT molecular complexity index is 1370. The fourth-order valence-electron chi connectivity index (χ4n) is 4.33. The second kappa shape index (κ2) is 12.4. The standard InChI is InChI=1S/C30H33FN2O4/c1-4-6-7-8-16-33-26-14-12-23(30(34)36-5-2)18-25(26)32-29(33)22-13-15-27(28(19-22)35-3)37-20-21-10-9-11-24(31)17-21/h9-15,17-19H,4-8,16,20H2,1-3H3. The lowest BCUT2D eigenvalue weighted by molar-refractivity contribution is 0.0526. The number of fused-ring (bicyclic) bond motifs is 1. The predicted molar refractivity (Wildman–Crippen MR) is 143 cm³/mol. The summed E-state index contributed by atoms with van der Waals surface area (Å²) in [5.41, 5.74) is 3.79. The van der Waals surface area contributed by atoms with Crippen molar-refractivity contribution >= 4 is 17.0 Å². The van der Waals surface area contributed by atoms with Crippen molar-refractivity contribution in [3.05, 3.63) is 77.6 Å².